The van der Waals surface area contributed by atoms with Gasteiger partial charge in [0, 0.05) is 41.5 Å². The second-order valence-corrected chi connectivity index (χ2v) is 8.62. The summed E-state index contributed by atoms with van der Waals surface area (Å²) in [4.78, 5) is 19.9. The second kappa shape index (κ2) is 10.1. The van der Waals surface area contributed by atoms with Crippen LogP contribution in [0.5, 0.6) is 0 Å². The van der Waals surface area contributed by atoms with Crippen LogP contribution < -0.4 is 11.1 Å². The predicted molar refractivity (Wildman–Crippen MR) is 137 cm³/mol. The van der Waals surface area contributed by atoms with Gasteiger partial charge in [-0.3, -0.25) is 4.79 Å². The number of halogens is 1. The number of pyridine rings is 1. The Balaban J connectivity index is 1.78. The van der Waals surface area contributed by atoms with Crippen LogP contribution in [0.4, 0.5) is 15.8 Å². The zero-order valence-corrected chi connectivity index (χ0v) is 19.7. The molecular weight excluding hydrogens is 445 g/mol. The Morgan fingerprint density at radius 3 is 2.66 bits per heavy atom. The van der Waals surface area contributed by atoms with Crippen molar-refractivity contribution in [3.8, 4) is 11.3 Å². The number of primary amides is 1. The quantitative estimate of drug-likeness (QED) is 0.216. The van der Waals surface area contributed by atoms with Gasteiger partial charge in [0.2, 0.25) is 0 Å². The molecule has 6 N–H and O–H groups in total. The van der Waals surface area contributed by atoms with Crippen molar-refractivity contribution in [2.45, 2.75) is 39.2 Å². The highest BCUT2D eigenvalue weighted by Gasteiger charge is 2.18. The minimum absolute atomic E-state index is 0.247. The Hall–Kier alpha value is -4.04. The van der Waals surface area contributed by atoms with Gasteiger partial charge in [-0.15, -0.1) is 0 Å². The summed E-state index contributed by atoms with van der Waals surface area (Å²) in [5, 5.41) is 22.0. The van der Waals surface area contributed by atoms with E-state index in [-0.39, 0.29) is 11.4 Å². The van der Waals surface area contributed by atoms with Crippen LogP contribution in [0.3, 0.4) is 0 Å². The van der Waals surface area contributed by atoms with Gasteiger partial charge in [0.05, 0.1) is 17.4 Å². The van der Waals surface area contributed by atoms with Crippen LogP contribution in [0.1, 0.15) is 41.8 Å². The summed E-state index contributed by atoms with van der Waals surface area (Å²) in [5.41, 5.74) is 11.8. The lowest BCUT2D eigenvalue weighted by Crippen LogP contribution is -2.15. The van der Waals surface area contributed by atoms with Crippen molar-refractivity contribution in [1.82, 2.24) is 9.97 Å². The first-order valence-electron chi connectivity index (χ1n) is 11.5. The van der Waals surface area contributed by atoms with Crippen LogP contribution in [0.25, 0.3) is 22.3 Å². The number of aromatic amines is 1. The molecule has 0 radical (unpaired) electrons. The fraction of sp³-hybridized carbons (Fsp3) is 0.222. The van der Waals surface area contributed by atoms with E-state index in [1.165, 1.54) is 18.3 Å². The van der Waals surface area contributed by atoms with Gasteiger partial charge in [-0.1, -0.05) is 19.1 Å². The number of rotatable bonds is 9. The van der Waals surface area contributed by atoms with E-state index < -0.39 is 12.0 Å². The average Bonchev–Trinajstić information content (AvgIpc) is 3.24. The topological polar surface area (TPSA) is 128 Å². The van der Waals surface area contributed by atoms with Gasteiger partial charge < -0.3 is 26.6 Å². The van der Waals surface area contributed by atoms with Gasteiger partial charge in [-0.25, -0.2) is 9.37 Å². The van der Waals surface area contributed by atoms with E-state index in [9.17, 15) is 14.3 Å². The predicted octanol–water partition coefficient (Wildman–Crippen LogP) is 5.11. The Morgan fingerprint density at radius 2 is 2.00 bits per heavy atom. The third kappa shape index (κ3) is 5.22. The summed E-state index contributed by atoms with van der Waals surface area (Å²) in [6.45, 7) is 3.70. The number of carbonyl (C=O) groups is 1. The van der Waals surface area contributed by atoms with Crippen molar-refractivity contribution in [2.24, 2.45) is 5.73 Å². The molecule has 2 aromatic carbocycles. The number of aliphatic hydroxyl groups excluding tert-OH is 1. The number of aliphatic hydroxyl groups is 1. The normalized spacial score (nSPS) is 12.0. The first-order valence-corrected chi connectivity index (χ1v) is 11.5. The third-order valence-electron chi connectivity index (χ3n) is 5.91. The lowest BCUT2D eigenvalue weighted by Gasteiger charge is -2.18. The molecule has 0 aliphatic heterocycles. The van der Waals surface area contributed by atoms with Crippen LogP contribution in [0.15, 0.2) is 54.7 Å². The van der Waals surface area contributed by atoms with Crippen molar-refractivity contribution in [1.29, 1.82) is 5.41 Å². The Bertz CT molecular complexity index is 1390. The molecule has 0 fully saturated rings. The lowest BCUT2D eigenvalue weighted by molar-refractivity contribution is 0.100. The first-order chi connectivity index (χ1) is 16.8. The smallest absolute Gasteiger partial charge is 0.252 e. The molecule has 0 aliphatic carbocycles. The monoisotopic (exact) mass is 473 g/mol. The zero-order chi connectivity index (χ0) is 25.1. The standard InChI is InChI=1S/C27H28FN5O2/c1-3-20-17(12-19(29)11-15(2)34)5-4-6-23(20)32-25-21-13-24(16-7-9-18(28)10-8-16)33-27(21)31-14-22(25)26(30)35/h4-10,13-15,29,34H,3,11-12H2,1-2H3,(H2,30,35)(H2,31,32,33). The van der Waals surface area contributed by atoms with Crippen molar-refractivity contribution in [3.63, 3.8) is 0 Å². The van der Waals surface area contributed by atoms with E-state index in [1.807, 2.05) is 31.2 Å². The van der Waals surface area contributed by atoms with Crippen molar-refractivity contribution >= 4 is 34.0 Å². The number of nitrogens with one attached hydrogen (secondary N) is 3. The van der Waals surface area contributed by atoms with Crippen LogP contribution in [-0.2, 0) is 12.8 Å². The van der Waals surface area contributed by atoms with Crippen LogP contribution in [0.2, 0.25) is 0 Å². The summed E-state index contributed by atoms with van der Waals surface area (Å²) in [5.74, 6) is -0.936. The number of carbonyl (C=O) groups excluding carboxylic acids is 1. The Labute approximate surface area is 202 Å². The largest absolute Gasteiger partial charge is 0.393 e. The molecule has 0 saturated carbocycles. The Morgan fingerprint density at radius 1 is 1.26 bits per heavy atom. The summed E-state index contributed by atoms with van der Waals surface area (Å²) in [6.07, 6.45) is 2.31. The fourth-order valence-corrected chi connectivity index (χ4v) is 4.31. The maximum Gasteiger partial charge on any atom is 0.252 e. The number of anilines is 2. The highest BCUT2D eigenvalue weighted by Crippen LogP contribution is 2.34. The maximum atomic E-state index is 13.4. The number of hydrogen-bond donors (Lipinski definition) is 5. The molecule has 2 heterocycles. The van der Waals surface area contributed by atoms with Crippen LogP contribution >= 0.6 is 0 Å². The Kier molecular flexibility index (Phi) is 6.93. The van der Waals surface area contributed by atoms with Crippen LogP contribution in [0, 0.1) is 11.2 Å². The number of amides is 1. The van der Waals surface area contributed by atoms with Gasteiger partial charge in [0.1, 0.15) is 11.5 Å². The molecule has 35 heavy (non-hydrogen) atoms. The molecule has 0 aliphatic rings. The molecule has 4 rings (SSSR count). The number of H-pyrrole nitrogens is 1. The second-order valence-electron chi connectivity index (χ2n) is 8.62. The fourth-order valence-electron chi connectivity index (χ4n) is 4.31. The molecule has 7 nitrogen and oxygen atoms in total. The minimum atomic E-state index is -0.612. The molecule has 0 spiro atoms. The summed E-state index contributed by atoms with van der Waals surface area (Å²) in [6, 6.07) is 13.8. The number of benzene rings is 2. The molecule has 0 saturated heterocycles. The summed E-state index contributed by atoms with van der Waals surface area (Å²) < 4.78 is 13.4. The van der Waals surface area contributed by atoms with Crippen molar-refractivity contribution < 1.29 is 14.3 Å². The molecule has 2 aromatic heterocycles. The average molecular weight is 474 g/mol. The molecule has 1 amide bonds. The number of hydrogen-bond acceptors (Lipinski definition) is 5. The van der Waals surface area contributed by atoms with Crippen molar-refractivity contribution in [3.05, 3.63) is 77.2 Å². The van der Waals surface area contributed by atoms with E-state index in [1.54, 1.807) is 19.1 Å². The van der Waals surface area contributed by atoms with Crippen LogP contribution in [-0.4, -0.2) is 32.8 Å². The van der Waals surface area contributed by atoms with E-state index in [0.717, 1.165) is 28.1 Å². The first kappa shape index (κ1) is 24.1. The number of nitrogens with two attached hydrogens (primary N) is 1. The van der Waals surface area contributed by atoms with E-state index in [2.05, 4.69) is 15.3 Å². The molecule has 0 bridgehead atoms. The molecule has 1 atom stereocenters. The highest BCUT2D eigenvalue weighted by molar-refractivity contribution is 6.08. The molecule has 1 unspecified atom stereocenters. The van der Waals surface area contributed by atoms with Gasteiger partial charge in [-0.2, -0.15) is 0 Å². The van der Waals surface area contributed by atoms with Gasteiger partial charge in [0.25, 0.3) is 5.91 Å². The van der Waals surface area contributed by atoms with Crippen molar-refractivity contribution in [2.75, 3.05) is 5.32 Å². The number of nitrogens with zero attached hydrogens (tertiary/aromatic N) is 1. The molecule has 180 valence electrons. The molecule has 8 heteroatoms. The minimum Gasteiger partial charge on any atom is -0.393 e. The van der Waals surface area contributed by atoms with Gasteiger partial charge >= 0.3 is 0 Å². The van der Waals surface area contributed by atoms with E-state index in [4.69, 9.17) is 11.1 Å². The third-order valence-corrected chi connectivity index (χ3v) is 5.91. The molecular formula is C27H28FN5O2. The van der Waals surface area contributed by atoms with E-state index in [0.29, 0.717) is 41.7 Å². The van der Waals surface area contributed by atoms with Gasteiger partial charge in [-0.05, 0) is 66.4 Å². The molecule has 4 aromatic rings. The maximum absolute atomic E-state index is 13.4. The number of aromatic nitrogens is 2. The van der Waals surface area contributed by atoms with Gasteiger partial charge in [0.15, 0.2) is 0 Å². The SMILES string of the molecule is CCc1c(CC(=N)CC(C)O)cccc1Nc1c(C(N)=O)cnc2[nH]c(-c3ccc(F)cc3)cc12. The van der Waals surface area contributed by atoms with E-state index >= 15 is 0 Å². The number of fused-ring (bicyclic) bond motifs is 1. The summed E-state index contributed by atoms with van der Waals surface area (Å²) >= 11 is 0. The zero-order valence-electron chi connectivity index (χ0n) is 19.7. The lowest BCUT2D eigenvalue weighted by atomic mass is 9.96. The highest BCUT2D eigenvalue weighted by atomic mass is 19.1. The summed E-state index contributed by atoms with van der Waals surface area (Å²) in [7, 11) is 0.